The van der Waals surface area contributed by atoms with E-state index in [0.29, 0.717) is 18.0 Å². The first-order chi connectivity index (χ1) is 11.1. The van der Waals surface area contributed by atoms with Gasteiger partial charge in [0, 0.05) is 25.2 Å². The highest BCUT2D eigenvalue weighted by molar-refractivity contribution is 5.94. The molecule has 3 heterocycles. The Hall–Kier alpha value is -1.95. The molecular weight excluding hydrogens is 292 g/mol. The van der Waals surface area contributed by atoms with Gasteiger partial charge in [0.2, 0.25) is 0 Å². The summed E-state index contributed by atoms with van der Waals surface area (Å²) in [6, 6.07) is 3.62. The lowest BCUT2D eigenvalue weighted by molar-refractivity contribution is -0.0609. The van der Waals surface area contributed by atoms with Crippen LogP contribution in [-0.4, -0.2) is 49.2 Å². The number of carbonyl (C=O) groups is 1. The SMILES string of the molecule is CC[C@]1(O)CCC[C@H]2CN(C(=O)c3ccc4ncnn4c3)C[C@H]21. The van der Waals surface area contributed by atoms with Crippen LogP contribution in [0, 0.1) is 11.8 Å². The molecule has 1 aliphatic heterocycles. The summed E-state index contributed by atoms with van der Waals surface area (Å²) in [6.07, 6.45) is 7.00. The molecule has 2 aromatic heterocycles. The summed E-state index contributed by atoms with van der Waals surface area (Å²) in [6.45, 7) is 3.45. The molecule has 1 N–H and O–H groups in total. The van der Waals surface area contributed by atoms with Gasteiger partial charge in [0.05, 0.1) is 11.2 Å². The van der Waals surface area contributed by atoms with E-state index in [-0.39, 0.29) is 11.8 Å². The molecule has 6 heteroatoms. The Bertz CT molecular complexity index is 743. The van der Waals surface area contributed by atoms with Gasteiger partial charge in [0.1, 0.15) is 6.33 Å². The molecule has 0 unspecified atom stereocenters. The minimum Gasteiger partial charge on any atom is -0.390 e. The van der Waals surface area contributed by atoms with Crippen LogP contribution in [0.1, 0.15) is 43.0 Å². The van der Waals surface area contributed by atoms with Crippen LogP contribution in [0.15, 0.2) is 24.7 Å². The molecule has 0 bridgehead atoms. The molecular formula is C17H22N4O2. The predicted octanol–water partition coefficient (Wildman–Crippen LogP) is 1.74. The van der Waals surface area contributed by atoms with Crippen molar-refractivity contribution >= 4 is 11.6 Å². The van der Waals surface area contributed by atoms with Crippen LogP contribution in [0.25, 0.3) is 5.65 Å². The maximum Gasteiger partial charge on any atom is 0.255 e. The van der Waals surface area contributed by atoms with Crippen LogP contribution in [0.5, 0.6) is 0 Å². The average molecular weight is 314 g/mol. The lowest BCUT2D eigenvalue weighted by atomic mass is 9.69. The fourth-order valence-corrected chi connectivity index (χ4v) is 4.36. The highest BCUT2D eigenvalue weighted by Gasteiger charge is 2.48. The number of nitrogens with zero attached hydrogens (tertiary/aromatic N) is 4. The van der Waals surface area contributed by atoms with Crippen molar-refractivity contribution in [2.24, 2.45) is 11.8 Å². The Morgan fingerprint density at radius 1 is 1.43 bits per heavy atom. The molecule has 122 valence electrons. The molecule has 0 aromatic carbocycles. The standard InChI is InChI=1S/C17H22N4O2/c1-2-17(23)7-3-4-12-8-20(10-14(12)17)16(22)13-5-6-15-18-11-19-21(15)9-13/h5-6,9,11-12,14,23H,2-4,7-8,10H2,1H3/t12-,14+,17-/m0/s1. The van der Waals surface area contributed by atoms with E-state index in [9.17, 15) is 9.90 Å². The minimum absolute atomic E-state index is 0.0234. The van der Waals surface area contributed by atoms with Gasteiger partial charge < -0.3 is 10.0 Å². The molecule has 0 radical (unpaired) electrons. The first-order valence-electron chi connectivity index (χ1n) is 8.42. The molecule has 2 aliphatic rings. The fraction of sp³-hybridized carbons (Fsp3) is 0.588. The van der Waals surface area contributed by atoms with Crippen molar-refractivity contribution in [3.05, 3.63) is 30.2 Å². The van der Waals surface area contributed by atoms with E-state index in [1.807, 2.05) is 17.9 Å². The van der Waals surface area contributed by atoms with E-state index in [1.165, 1.54) is 6.33 Å². The zero-order valence-electron chi connectivity index (χ0n) is 13.4. The number of aliphatic hydroxyl groups is 1. The summed E-state index contributed by atoms with van der Waals surface area (Å²) >= 11 is 0. The molecule has 6 nitrogen and oxygen atoms in total. The average Bonchev–Trinajstić information content (AvgIpc) is 3.20. The second kappa shape index (κ2) is 5.30. The monoisotopic (exact) mass is 314 g/mol. The number of carbonyl (C=O) groups excluding carboxylic acids is 1. The van der Waals surface area contributed by atoms with Gasteiger partial charge >= 0.3 is 0 Å². The third-order valence-corrected chi connectivity index (χ3v) is 5.74. The van der Waals surface area contributed by atoms with Crippen molar-refractivity contribution < 1.29 is 9.90 Å². The number of hydrogen-bond donors (Lipinski definition) is 1. The van der Waals surface area contributed by atoms with Crippen LogP contribution in [0.3, 0.4) is 0 Å². The van der Waals surface area contributed by atoms with Crippen LogP contribution >= 0.6 is 0 Å². The van der Waals surface area contributed by atoms with Gasteiger partial charge in [-0.3, -0.25) is 4.79 Å². The second-order valence-corrected chi connectivity index (χ2v) is 6.91. The number of likely N-dealkylation sites (tertiary alicyclic amines) is 1. The summed E-state index contributed by atoms with van der Waals surface area (Å²) in [5, 5.41) is 15.0. The molecule has 23 heavy (non-hydrogen) atoms. The highest BCUT2D eigenvalue weighted by Crippen LogP contribution is 2.44. The second-order valence-electron chi connectivity index (χ2n) is 6.91. The van der Waals surface area contributed by atoms with Gasteiger partial charge in [-0.1, -0.05) is 13.3 Å². The third kappa shape index (κ3) is 2.32. The van der Waals surface area contributed by atoms with E-state index in [0.717, 1.165) is 37.9 Å². The predicted molar refractivity (Wildman–Crippen MR) is 85.0 cm³/mol. The number of amides is 1. The largest absolute Gasteiger partial charge is 0.390 e. The molecule has 2 aromatic rings. The lowest BCUT2D eigenvalue weighted by Gasteiger charge is -2.40. The van der Waals surface area contributed by atoms with Crippen molar-refractivity contribution in [1.29, 1.82) is 0 Å². The van der Waals surface area contributed by atoms with Gasteiger partial charge in [0.15, 0.2) is 5.65 Å². The number of hydrogen-bond acceptors (Lipinski definition) is 4. The zero-order valence-corrected chi connectivity index (χ0v) is 13.4. The number of fused-ring (bicyclic) bond motifs is 2. The van der Waals surface area contributed by atoms with Crippen molar-refractivity contribution in [1.82, 2.24) is 19.5 Å². The van der Waals surface area contributed by atoms with Crippen molar-refractivity contribution in [3.63, 3.8) is 0 Å². The Morgan fingerprint density at radius 3 is 3.13 bits per heavy atom. The number of rotatable bonds is 2. The lowest BCUT2D eigenvalue weighted by Crippen LogP contribution is -2.44. The molecule has 2 fully saturated rings. The Labute approximate surface area is 135 Å². The van der Waals surface area contributed by atoms with Gasteiger partial charge in [-0.15, -0.1) is 0 Å². The van der Waals surface area contributed by atoms with E-state index in [1.54, 1.807) is 16.8 Å². The molecule has 1 aliphatic carbocycles. The van der Waals surface area contributed by atoms with Crippen LogP contribution < -0.4 is 0 Å². The maximum atomic E-state index is 12.8. The third-order valence-electron chi connectivity index (χ3n) is 5.74. The number of pyridine rings is 1. The van der Waals surface area contributed by atoms with E-state index in [4.69, 9.17) is 0 Å². The Balaban J connectivity index is 1.57. The molecule has 1 saturated heterocycles. The van der Waals surface area contributed by atoms with Gasteiger partial charge in [-0.05, 0) is 37.3 Å². The van der Waals surface area contributed by atoms with E-state index in [2.05, 4.69) is 10.1 Å². The molecule has 1 saturated carbocycles. The molecule has 1 amide bonds. The van der Waals surface area contributed by atoms with Crippen LogP contribution in [0.2, 0.25) is 0 Å². The summed E-state index contributed by atoms with van der Waals surface area (Å²) in [5.74, 6) is 0.656. The Morgan fingerprint density at radius 2 is 2.30 bits per heavy atom. The molecule has 3 atom stereocenters. The van der Waals surface area contributed by atoms with Crippen LogP contribution in [0.4, 0.5) is 0 Å². The maximum absolute atomic E-state index is 12.8. The normalized spacial score (nSPS) is 30.6. The smallest absolute Gasteiger partial charge is 0.255 e. The highest BCUT2D eigenvalue weighted by atomic mass is 16.3. The summed E-state index contributed by atoms with van der Waals surface area (Å²) in [4.78, 5) is 18.8. The zero-order chi connectivity index (χ0) is 16.0. The van der Waals surface area contributed by atoms with Crippen molar-refractivity contribution in [2.75, 3.05) is 13.1 Å². The first kappa shape index (κ1) is 14.6. The van der Waals surface area contributed by atoms with Gasteiger partial charge in [-0.2, -0.15) is 5.10 Å². The molecule has 4 rings (SSSR count). The summed E-state index contributed by atoms with van der Waals surface area (Å²) in [7, 11) is 0. The first-order valence-corrected chi connectivity index (χ1v) is 8.42. The Kier molecular flexibility index (Phi) is 3.37. The fourth-order valence-electron chi connectivity index (χ4n) is 4.36. The van der Waals surface area contributed by atoms with Crippen molar-refractivity contribution in [2.45, 2.75) is 38.2 Å². The topological polar surface area (TPSA) is 70.7 Å². The van der Waals surface area contributed by atoms with Crippen LogP contribution in [-0.2, 0) is 0 Å². The van der Waals surface area contributed by atoms with Gasteiger partial charge in [0.25, 0.3) is 5.91 Å². The number of aromatic nitrogens is 3. The summed E-state index contributed by atoms with van der Waals surface area (Å²) < 4.78 is 1.62. The van der Waals surface area contributed by atoms with E-state index < -0.39 is 5.60 Å². The minimum atomic E-state index is -0.603. The summed E-state index contributed by atoms with van der Waals surface area (Å²) in [5.41, 5.74) is 0.757. The van der Waals surface area contributed by atoms with E-state index >= 15 is 0 Å². The van der Waals surface area contributed by atoms with Crippen molar-refractivity contribution in [3.8, 4) is 0 Å². The molecule has 0 spiro atoms. The van der Waals surface area contributed by atoms with Gasteiger partial charge in [-0.25, -0.2) is 9.50 Å². The quantitative estimate of drug-likeness (QED) is 0.916.